The fourth-order valence-electron chi connectivity index (χ4n) is 18.8. The van der Waals surface area contributed by atoms with Gasteiger partial charge in [-0.3, -0.25) is 15.0 Å². The first-order chi connectivity index (χ1) is 68.4. The number of hydrogen-bond acceptors (Lipinski definition) is 9. The Hall–Kier alpha value is -15.5. The van der Waals surface area contributed by atoms with Crippen molar-refractivity contribution >= 4 is 130 Å². The predicted octanol–water partition coefficient (Wildman–Crippen LogP) is 33.2. The van der Waals surface area contributed by atoms with Crippen molar-refractivity contribution < 1.29 is 63.2 Å². The normalized spacial score (nSPS) is 11.2. The van der Waals surface area contributed by atoms with Crippen molar-refractivity contribution in [3.05, 3.63) is 492 Å². The zero-order valence-corrected chi connectivity index (χ0v) is 84.3. The average molecular weight is 2400 g/mol. The third-order valence-electron chi connectivity index (χ3n) is 25.5. The van der Waals surface area contributed by atoms with E-state index in [0.717, 1.165) is 186 Å². The Morgan fingerprint density at radius 2 is 0.553 bits per heavy atom. The number of benzene rings is 18. The zero-order valence-electron chi connectivity index (χ0n) is 75.0. The van der Waals surface area contributed by atoms with Gasteiger partial charge in [0.1, 0.15) is 0 Å². The van der Waals surface area contributed by atoms with Crippen molar-refractivity contribution in [1.82, 2.24) is 43.6 Å². The van der Waals surface area contributed by atoms with E-state index in [9.17, 15) is 0 Å². The van der Waals surface area contributed by atoms with E-state index in [1.165, 1.54) is 59.8 Å². The maximum Gasteiger partial charge on any atom is 2.00 e. The fourth-order valence-corrected chi connectivity index (χ4v) is 21.6. The number of pyridine rings is 3. The van der Waals surface area contributed by atoms with E-state index in [1.54, 1.807) is 34.0 Å². The summed E-state index contributed by atoms with van der Waals surface area (Å²) in [5.74, 6) is 0. The molecule has 15 heteroatoms. The maximum atomic E-state index is 5.22. The SMILES string of the molecule is [Pt+2].[Pt+2].[Pt+2].[c-]1c(-c2ccccn2)ccc(-c2ccc(-c3ccccc3)cc2)c1-n1c2[c-]c(-c3nc4ccccc4s3)ccc2c2ccccc21.[c-]1c(-c2ccccn2)cccc1-n1c2[c-]c(-c3nc4c(-c5ccc(-c6ccccc6)cc5)cccc4s3)ccc2c2ccccc21.[c-]1c(-c2ccccn2)cccc1-n1c2[c-]c(-c3nc4cc(-c5ccc(-c6ccccc6)cc5)ccc4s3)ccc2c2ccccc21. The summed E-state index contributed by atoms with van der Waals surface area (Å²) in [5.41, 5.74) is 34.8. The van der Waals surface area contributed by atoms with Crippen LogP contribution in [0.15, 0.2) is 455 Å². The molecule has 9 aromatic heterocycles. The molecule has 0 radical (unpaired) electrons. The third-order valence-corrected chi connectivity index (χ3v) is 28.7. The van der Waals surface area contributed by atoms with Crippen LogP contribution in [-0.2, 0) is 63.2 Å². The molecule has 18 aromatic carbocycles. The van der Waals surface area contributed by atoms with E-state index in [4.69, 9.17) is 15.0 Å². The Kier molecular flexibility index (Phi) is 25.6. The van der Waals surface area contributed by atoms with Gasteiger partial charge in [-0.15, -0.1) is 155 Å². The molecule has 0 aliphatic carbocycles. The summed E-state index contributed by atoms with van der Waals surface area (Å²) in [7, 11) is 0. The summed E-state index contributed by atoms with van der Waals surface area (Å²) < 4.78 is 10.3. The number of nitrogens with zero attached hydrogens (tertiary/aromatic N) is 9. The molecule has 9 heterocycles. The molecule has 27 aromatic rings. The van der Waals surface area contributed by atoms with Gasteiger partial charge in [0, 0.05) is 69.8 Å². The quantitative estimate of drug-likeness (QED) is 0.0950. The van der Waals surface area contributed by atoms with Gasteiger partial charge in [-0.2, -0.15) is 34.0 Å². The maximum absolute atomic E-state index is 5.22. The van der Waals surface area contributed by atoms with Crippen molar-refractivity contribution in [1.29, 1.82) is 0 Å². The van der Waals surface area contributed by atoms with Crippen LogP contribution in [0.3, 0.4) is 0 Å². The minimum absolute atomic E-state index is 0. The van der Waals surface area contributed by atoms with Crippen LogP contribution in [0.5, 0.6) is 0 Å². The molecule has 0 bridgehead atoms. The van der Waals surface area contributed by atoms with Gasteiger partial charge in [-0.1, -0.05) is 312 Å². The Balaban J connectivity index is 0.000000120. The van der Waals surface area contributed by atoms with E-state index in [-0.39, 0.29) is 63.2 Å². The second-order valence-corrected chi connectivity index (χ2v) is 36.9. The molecule has 0 saturated heterocycles. The Morgan fingerprint density at radius 3 is 1.02 bits per heavy atom. The Labute approximate surface area is 869 Å². The van der Waals surface area contributed by atoms with Crippen LogP contribution in [0.2, 0.25) is 0 Å². The van der Waals surface area contributed by atoms with E-state index < -0.39 is 0 Å². The van der Waals surface area contributed by atoms with Gasteiger partial charge in [0.05, 0.1) is 16.6 Å². The largest absolute Gasteiger partial charge is 2.00 e. The molecule has 0 aliphatic rings. The van der Waals surface area contributed by atoms with Gasteiger partial charge >= 0.3 is 63.2 Å². The molecule has 0 fully saturated rings. The van der Waals surface area contributed by atoms with Gasteiger partial charge in [-0.25, -0.2) is 0 Å². The van der Waals surface area contributed by atoms with Crippen LogP contribution in [0, 0.1) is 36.4 Å². The predicted molar refractivity (Wildman–Crippen MR) is 574 cm³/mol. The number of aromatic nitrogens is 9. The van der Waals surface area contributed by atoms with Crippen LogP contribution in [0.25, 0.3) is 245 Å². The molecule has 0 N–H and O–H groups in total. The van der Waals surface area contributed by atoms with Crippen LogP contribution in [0.4, 0.5) is 0 Å². The second-order valence-electron chi connectivity index (χ2n) is 33.8. The van der Waals surface area contributed by atoms with Gasteiger partial charge < -0.3 is 28.7 Å². The molecule has 141 heavy (non-hydrogen) atoms. The summed E-state index contributed by atoms with van der Waals surface area (Å²) in [4.78, 5) is 29.1. The third kappa shape index (κ3) is 17.6. The summed E-state index contributed by atoms with van der Waals surface area (Å²) in [5, 5.41) is 9.85. The smallest absolute Gasteiger partial charge is 0.346 e. The Bertz CT molecular complexity index is 9220. The first kappa shape index (κ1) is 90.7. The van der Waals surface area contributed by atoms with Crippen LogP contribution < -0.4 is 0 Å². The molecule has 0 spiro atoms. The number of rotatable bonds is 15. The molecular formula is C126H75N9Pt3S3. The van der Waals surface area contributed by atoms with E-state index in [0.29, 0.717) is 0 Å². The van der Waals surface area contributed by atoms with Gasteiger partial charge in [0.15, 0.2) is 0 Å². The van der Waals surface area contributed by atoms with Gasteiger partial charge in [0.2, 0.25) is 0 Å². The molecule has 672 valence electrons. The van der Waals surface area contributed by atoms with Crippen molar-refractivity contribution in [2.24, 2.45) is 0 Å². The molecular weight excluding hydrogens is 2320 g/mol. The first-order valence-electron chi connectivity index (χ1n) is 45.8. The van der Waals surface area contributed by atoms with E-state index in [2.05, 4.69) is 423 Å². The zero-order chi connectivity index (χ0) is 91.4. The van der Waals surface area contributed by atoms with E-state index >= 15 is 0 Å². The monoisotopic (exact) mass is 2390 g/mol. The second kappa shape index (κ2) is 39.8. The topological polar surface area (TPSA) is 92.1 Å². The molecule has 27 rings (SSSR count). The van der Waals surface area contributed by atoms with Crippen LogP contribution in [-0.4, -0.2) is 43.6 Å². The number of thiazole rings is 3. The minimum atomic E-state index is 0. The number of fused-ring (bicyclic) bond motifs is 12. The average Bonchev–Trinajstić information content (AvgIpc) is 1.59. The summed E-state index contributed by atoms with van der Waals surface area (Å²) in [6.45, 7) is 0. The summed E-state index contributed by atoms with van der Waals surface area (Å²) in [6.07, 6.45) is 5.47. The summed E-state index contributed by atoms with van der Waals surface area (Å²) >= 11 is 5.11. The Morgan fingerprint density at radius 1 is 0.206 bits per heavy atom. The molecule has 0 atom stereocenters. The van der Waals surface area contributed by atoms with Crippen molar-refractivity contribution in [2.75, 3.05) is 0 Å². The molecule has 0 aliphatic heterocycles. The van der Waals surface area contributed by atoms with Crippen LogP contribution >= 0.6 is 34.0 Å². The molecule has 0 saturated carbocycles. The molecule has 0 amide bonds. The molecule has 9 nitrogen and oxygen atoms in total. The van der Waals surface area contributed by atoms with Gasteiger partial charge in [0.25, 0.3) is 0 Å². The fraction of sp³-hybridized carbons (Fsp3) is 0. The van der Waals surface area contributed by atoms with Crippen molar-refractivity contribution in [3.8, 4) is 149 Å². The molecule has 0 unspecified atom stereocenters. The minimum Gasteiger partial charge on any atom is -0.346 e. The number of para-hydroxylation sites is 5. The van der Waals surface area contributed by atoms with Crippen molar-refractivity contribution in [3.63, 3.8) is 0 Å². The standard InChI is InChI=1S/3C42H25N3S.3Pt/c1-2-10-28(11-3-1)29-17-19-30(20-18-29)33-23-21-31(36-13-8-9-25-43-36)26-39(33)45-38-15-6-4-12-34(38)35-24-22-32(27-40(35)45)42-44-37-14-5-7-16-41(37)46-42;1-2-10-28(11-3-1)29-19-21-30(22-20-29)34-15-9-18-40-41(34)44-42(46-40)32-23-24-36-35-14-4-5-17-38(35)45(39(36)27-32)33-13-8-12-31(26-33)37-16-6-7-25-43-37;1-2-9-28(10-3-1)29-16-18-30(19-17-29)31-21-23-41-38(26-31)44-42(46-41)33-20-22-36-35-13-4-5-15-39(35)45(40(36)27-33)34-12-8-11-32(25-34)37-14-6-7-24-43-37;;;/h2*1-25H;1-24,26H;;;/q3*-2;3*+2. The van der Waals surface area contributed by atoms with E-state index in [1.807, 2.05) is 97.5 Å². The van der Waals surface area contributed by atoms with Crippen LogP contribution in [0.1, 0.15) is 0 Å². The van der Waals surface area contributed by atoms with Gasteiger partial charge in [-0.05, 0) is 184 Å². The number of hydrogen-bond donors (Lipinski definition) is 0. The first-order valence-corrected chi connectivity index (χ1v) is 48.2. The van der Waals surface area contributed by atoms with Crippen molar-refractivity contribution in [2.45, 2.75) is 0 Å². The summed E-state index contributed by atoms with van der Waals surface area (Å²) in [6, 6.07) is 175.